The highest BCUT2D eigenvalue weighted by Crippen LogP contribution is 2.46. The van der Waals surface area contributed by atoms with E-state index in [2.05, 4.69) is 32.6 Å². The average Bonchev–Trinajstić information content (AvgIpc) is 2.37. The van der Waals surface area contributed by atoms with Gasteiger partial charge in [0.1, 0.15) is 0 Å². The van der Waals surface area contributed by atoms with E-state index in [0.29, 0.717) is 11.5 Å². The van der Waals surface area contributed by atoms with Crippen molar-refractivity contribution in [1.29, 1.82) is 0 Å². The highest BCUT2D eigenvalue weighted by Gasteiger charge is 2.46. The standard InChI is InChI=1S/C17H34N2O/c1-5-20-15-7-6-8-19(11-15)17(13-18)10-14(2)9-16(3,4)12-17/h14-15H,5-13,18H2,1-4H3. The molecule has 0 aromatic rings. The van der Waals surface area contributed by atoms with Gasteiger partial charge in [-0.15, -0.1) is 0 Å². The number of nitrogens with zero attached hydrogens (tertiary/aromatic N) is 1. The van der Waals surface area contributed by atoms with Crippen molar-refractivity contribution in [3.05, 3.63) is 0 Å². The van der Waals surface area contributed by atoms with E-state index in [1.54, 1.807) is 0 Å². The van der Waals surface area contributed by atoms with Crippen LogP contribution in [-0.4, -0.2) is 42.8 Å². The number of piperidine rings is 1. The van der Waals surface area contributed by atoms with E-state index in [4.69, 9.17) is 10.5 Å². The SMILES string of the molecule is CCOC1CCCN(C2(CN)CC(C)CC(C)(C)C2)C1. The van der Waals surface area contributed by atoms with Gasteiger partial charge in [0.05, 0.1) is 6.10 Å². The van der Waals surface area contributed by atoms with Gasteiger partial charge in [-0.1, -0.05) is 20.8 Å². The van der Waals surface area contributed by atoms with E-state index in [0.717, 1.165) is 25.6 Å². The van der Waals surface area contributed by atoms with E-state index in [1.165, 1.54) is 38.6 Å². The van der Waals surface area contributed by atoms with Crippen LogP contribution in [0, 0.1) is 11.3 Å². The van der Waals surface area contributed by atoms with E-state index < -0.39 is 0 Å². The Balaban J connectivity index is 2.13. The van der Waals surface area contributed by atoms with Crippen LogP contribution in [0.3, 0.4) is 0 Å². The lowest BCUT2D eigenvalue weighted by Crippen LogP contribution is -2.62. The summed E-state index contributed by atoms with van der Waals surface area (Å²) in [6.45, 7) is 13.2. The number of likely N-dealkylation sites (tertiary alicyclic amines) is 1. The van der Waals surface area contributed by atoms with E-state index in [-0.39, 0.29) is 5.54 Å². The maximum atomic E-state index is 6.29. The zero-order chi connectivity index (χ0) is 14.8. The summed E-state index contributed by atoms with van der Waals surface area (Å²) in [5.74, 6) is 0.773. The molecule has 1 aliphatic carbocycles. The molecule has 0 aromatic heterocycles. The topological polar surface area (TPSA) is 38.5 Å². The largest absolute Gasteiger partial charge is 0.377 e. The first-order valence-corrected chi connectivity index (χ1v) is 8.47. The average molecular weight is 282 g/mol. The van der Waals surface area contributed by atoms with Crippen molar-refractivity contribution in [3.8, 4) is 0 Å². The van der Waals surface area contributed by atoms with Crippen LogP contribution in [0.25, 0.3) is 0 Å². The first kappa shape index (κ1) is 16.3. The van der Waals surface area contributed by atoms with Crippen LogP contribution < -0.4 is 5.73 Å². The van der Waals surface area contributed by atoms with E-state index in [1.807, 2.05) is 0 Å². The number of nitrogens with two attached hydrogens (primary N) is 1. The molecule has 0 radical (unpaired) electrons. The smallest absolute Gasteiger partial charge is 0.0702 e. The molecule has 2 aliphatic rings. The molecule has 20 heavy (non-hydrogen) atoms. The third kappa shape index (κ3) is 3.55. The second-order valence-corrected chi connectivity index (χ2v) is 7.95. The third-order valence-corrected chi connectivity index (χ3v) is 5.27. The summed E-state index contributed by atoms with van der Waals surface area (Å²) in [7, 11) is 0. The fourth-order valence-electron chi connectivity index (χ4n) is 4.97. The summed E-state index contributed by atoms with van der Waals surface area (Å²) in [4.78, 5) is 2.67. The Kier molecular flexibility index (Phi) is 5.14. The Morgan fingerprint density at radius 2 is 2.05 bits per heavy atom. The molecule has 1 saturated carbocycles. The molecule has 1 aliphatic heterocycles. The van der Waals surface area contributed by atoms with Crippen molar-refractivity contribution in [1.82, 2.24) is 4.90 Å². The molecule has 2 rings (SSSR count). The molecule has 1 heterocycles. The van der Waals surface area contributed by atoms with Crippen LogP contribution >= 0.6 is 0 Å². The predicted octanol–water partition coefficient (Wildman–Crippen LogP) is 3.03. The molecule has 0 aromatic carbocycles. The highest BCUT2D eigenvalue weighted by molar-refractivity contribution is 5.02. The summed E-state index contributed by atoms with van der Waals surface area (Å²) in [6.07, 6.45) is 6.70. The zero-order valence-electron chi connectivity index (χ0n) is 14.0. The molecule has 118 valence electrons. The Morgan fingerprint density at radius 3 is 2.65 bits per heavy atom. The Bertz CT molecular complexity index is 316. The van der Waals surface area contributed by atoms with Crippen LogP contribution in [0.15, 0.2) is 0 Å². The fourth-order valence-corrected chi connectivity index (χ4v) is 4.97. The number of ether oxygens (including phenoxy) is 1. The summed E-state index contributed by atoms with van der Waals surface area (Å²) >= 11 is 0. The molecule has 3 heteroatoms. The summed E-state index contributed by atoms with van der Waals surface area (Å²) in [5, 5.41) is 0. The van der Waals surface area contributed by atoms with Gasteiger partial charge in [-0.2, -0.15) is 0 Å². The maximum absolute atomic E-state index is 6.29. The molecule has 0 bridgehead atoms. The van der Waals surface area contributed by atoms with Gasteiger partial charge in [0.25, 0.3) is 0 Å². The van der Waals surface area contributed by atoms with Crippen molar-refractivity contribution >= 4 is 0 Å². The van der Waals surface area contributed by atoms with E-state index in [9.17, 15) is 0 Å². The molecule has 3 unspecified atom stereocenters. The normalized spacial score (nSPS) is 38.9. The first-order valence-electron chi connectivity index (χ1n) is 8.47. The highest BCUT2D eigenvalue weighted by atomic mass is 16.5. The summed E-state index contributed by atoms with van der Waals surface area (Å²) in [5.41, 5.74) is 6.91. The molecular formula is C17H34N2O. The second-order valence-electron chi connectivity index (χ2n) is 7.95. The summed E-state index contributed by atoms with van der Waals surface area (Å²) < 4.78 is 5.89. The van der Waals surface area contributed by atoms with Gasteiger partial charge < -0.3 is 10.5 Å². The van der Waals surface area contributed by atoms with Crippen molar-refractivity contribution in [2.24, 2.45) is 17.1 Å². The van der Waals surface area contributed by atoms with Crippen molar-refractivity contribution in [3.63, 3.8) is 0 Å². The lowest BCUT2D eigenvalue weighted by Gasteiger charge is -2.54. The van der Waals surface area contributed by atoms with Gasteiger partial charge in [0, 0.05) is 25.2 Å². The van der Waals surface area contributed by atoms with Crippen LogP contribution in [-0.2, 0) is 4.74 Å². The molecule has 3 nitrogen and oxygen atoms in total. The van der Waals surface area contributed by atoms with Crippen molar-refractivity contribution in [2.45, 2.75) is 71.4 Å². The molecule has 1 saturated heterocycles. The van der Waals surface area contributed by atoms with Gasteiger partial charge in [0.15, 0.2) is 0 Å². The quantitative estimate of drug-likeness (QED) is 0.861. The van der Waals surface area contributed by atoms with Gasteiger partial charge in [-0.3, -0.25) is 4.90 Å². The van der Waals surface area contributed by atoms with Crippen LogP contribution in [0.1, 0.15) is 59.8 Å². The molecular weight excluding hydrogens is 248 g/mol. The van der Waals surface area contributed by atoms with Gasteiger partial charge in [-0.25, -0.2) is 0 Å². The van der Waals surface area contributed by atoms with Crippen LogP contribution in [0.4, 0.5) is 0 Å². The molecule has 3 atom stereocenters. The van der Waals surface area contributed by atoms with Crippen LogP contribution in [0.5, 0.6) is 0 Å². The Hall–Kier alpha value is -0.120. The van der Waals surface area contributed by atoms with Gasteiger partial charge in [0.2, 0.25) is 0 Å². The number of hydrogen-bond donors (Lipinski definition) is 1. The number of rotatable bonds is 4. The third-order valence-electron chi connectivity index (χ3n) is 5.27. The minimum atomic E-state index is 0.205. The Labute approximate surface area is 125 Å². The monoisotopic (exact) mass is 282 g/mol. The summed E-state index contributed by atoms with van der Waals surface area (Å²) in [6, 6.07) is 0. The van der Waals surface area contributed by atoms with Gasteiger partial charge in [-0.05, 0) is 56.9 Å². The van der Waals surface area contributed by atoms with Crippen LogP contribution in [0.2, 0.25) is 0 Å². The first-order chi connectivity index (χ1) is 9.41. The predicted molar refractivity (Wildman–Crippen MR) is 84.8 cm³/mol. The second kappa shape index (κ2) is 6.33. The lowest BCUT2D eigenvalue weighted by molar-refractivity contribution is -0.0685. The molecule has 2 fully saturated rings. The van der Waals surface area contributed by atoms with Crippen molar-refractivity contribution in [2.75, 3.05) is 26.2 Å². The molecule has 0 amide bonds. The zero-order valence-corrected chi connectivity index (χ0v) is 14.0. The molecule has 0 spiro atoms. The van der Waals surface area contributed by atoms with E-state index >= 15 is 0 Å². The minimum Gasteiger partial charge on any atom is -0.377 e. The Morgan fingerprint density at radius 1 is 1.30 bits per heavy atom. The maximum Gasteiger partial charge on any atom is 0.0702 e. The van der Waals surface area contributed by atoms with Gasteiger partial charge >= 0.3 is 0 Å². The number of hydrogen-bond acceptors (Lipinski definition) is 3. The minimum absolute atomic E-state index is 0.205. The van der Waals surface area contributed by atoms with Crippen molar-refractivity contribution < 1.29 is 4.74 Å². The fraction of sp³-hybridized carbons (Fsp3) is 1.00. The molecule has 2 N–H and O–H groups in total. The lowest BCUT2D eigenvalue weighted by atomic mass is 9.63.